The molecule has 3 heteroatoms. The molecule has 1 aromatic heterocycles. The lowest BCUT2D eigenvalue weighted by molar-refractivity contribution is 0.886. The fourth-order valence-electron chi connectivity index (χ4n) is 0.616. The highest BCUT2D eigenvalue weighted by Crippen LogP contribution is 2.26. The predicted octanol–water partition coefficient (Wildman–Crippen LogP) is 2.92. The van der Waals surface area contributed by atoms with Crippen molar-refractivity contribution < 1.29 is 0 Å². The molecule has 0 aliphatic carbocycles. The van der Waals surface area contributed by atoms with Crippen LogP contribution in [0.3, 0.4) is 0 Å². The Morgan fingerprint density at radius 3 is 2.56 bits per heavy atom. The average molecular weight is 162 g/mol. The molecule has 0 N–H and O–H groups in total. The van der Waals surface area contributed by atoms with Gasteiger partial charge in [-0.05, 0) is 5.92 Å². The largest absolute Gasteiger partial charge is 0.233 e. The number of nitrogens with zero attached hydrogens (tertiary/aromatic N) is 1. The zero-order valence-corrected chi connectivity index (χ0v) is 6.96. The summed E-state index contributed by atoms with van der Waals surface area (Å²) in [5.41, 5.74) is 1.78. The Bertz CT molecular complexity index is 195. The second kappa shape index (κ2) is 2.67. The molecule has 0 fully saturated rings. The highest BCUT2D eigenvalue weighted by atomic mass is 35.5. The first-order valence-corrected chi connectivity index (χ1v) is 4.06. The van der Waals surface area contributed by atoms with Crippen molar-refractivity contribution >= 4 is 22.9 Å². The van der Waals surface area contributed by atoms with Crippen LogP contribution in [0.1, 0.15) is 24.6 Å². The van der Waals surface area contributed by atoms with Gasteiger partial charge in [0, 0.05) is 4.88 Å². The van der Waals surface area contributed by atoms with Crippen molar-refractivity contribution in [3.63, 3.8) is 0 Å². The van der Waals surface area contributed by atoms with Gasteiger partial charge in [0.15, 0.2) is 0 Å². The summed E-state index contributed by atoms with van der Waals surface area (Å²) in [6, 6.07) is 0. The Hall–Kier alpha value is -0.0800. The first kappa shape index (κ1) is 7.03. The van der Waals surface area contributed by atoms with Crippen molar-refractivity contribution in [2.24, 2.45) is 0 Å². The topological polar surface area (TPSA) is 12.9 Å². The molecular formula is C6H8ClNS. The molecule has 1 rings (SSSR count). The molecule has 0 saturated carbocycles. The van der Waals surface area contributed by atoms with E-state index in [0.717, 1.165) is 0 Å². The molecular weight excluding hydrogens is 154 g/mol. The number of aromatic nitrogens is 1. The van der Waals surface area contributed by atoms with Crippen LogP contribution < -0.4 is 0 Å². The molecule has 50 valence electrons. The Kier molecular flexibility index (Phi) is 2.09. The first-order valence-electron chi connectivity index (χ1n) is 2.80. The van der Waals surface area contributed by atoms with Crippen molar-refractivity contribution in [1.82, 2.24) is 4.98 Å². The monoisotopic (exact) mass is 161 g/mol. The Balaban J connectivity index is 2.94. The SMILES string of the molecule is CC(C)c1scnc1Cl. The standard InChI is InChI=1S/C6H8ClNS/c1-4(2)5-6(7)8-3-9-5/h3-4H,1-2H3. The maximum atomic E-state index is 5.73. The molecule has 1 aromatic rings. The van der Waals surface area contributed by atoms with Crippen molar-refractivity contribution in [3.05, 3.63) is 15.5 Å². The van der Waals surface area contributed by atoms with Gasteiger partial charge in [0.1, 0.15) is 5.15 Å². The van der Waals surface area contributed by atoms with E-state index in [1.807, 2.05) is 0 Å². The summed E-state index contributed by atoms with van der Waals surface area (Å²) >= 11 is 7.35. The van der Waals surface area contributed by atoms with Crippen molar-refractivity contribution in [2.45, 2.75) is 19.8 Å². The maximum absolute atomic E-state index is 5.73. The lowest BCUT2D eigenvalue weighted by atomic mass is 10.2. The molecule has 0 aromatic carbocycles. The van der Waals surface area contributed by atoms with Gasteiger partial charge in [-0.1, -0.05) is 25.4 Å². The van der Waals surface area contributed by atoms with Gasteiger partial charge in [-0.25, -0.2) is 4.98 Å². The predicted molar refractivity (Wildman–Crippen MR) is 41.2 cm³/mol. The van der Waals surface area contributed by atoms with Crippen LogP contribution in [0.5, 0.6) is 0 Å². The number of rotatable bonds is 1. The van der Waals surface area contributed by atoms with Crippen LogP contribution in [0.4, 0.5) is 0 Å². The molecule has 0 atom stereocenters. The summed E-state index contributed by atoms with van der Waals surface area (Å²) in [5.74, 6) is 0.505. The zero-order chi connectivity index (χ0) is 6.85. The summed E-state index contributed by atoms with van der Waals surface area (Å²) in [6.07, 6.45) is 0. The summed E-state index contributed by atoms with van der Waals surface area (Å²) in [6.45, 7) is 4.22. The lowest BCUT2D eigenvalue weighted by Gasteiger charge is -1.97. The Labute approximate surface area is 63.7 Å². The molecule has 0 aliphatic heterocycles. The fraction of sp³-hybridized carbons (Fsp3) is 0.500. The molecule has 0 bridgehead atoms. The van der Waals surface area contributed by atoms with Crippen molar-refractivity contribution in [3.8, 4) is 0 Å². The highest BCUT2D eigenvalue weighted by Gasteiger charge is 2.05. The number of thiazole rings is 1. The smallest absolute Gasteiger partial charge is 0.143 e. The van der Waals surface area contributed by atoms with Gasteiger partial charge in [-0.15, -0.1) is 11.3 Å². The van der Waals surface area contributed by atoms with E-state index in [9.17, 15) is 0 Å². The van der Waals surface area contributed by atoms with Gasteiger partial charge >= 0.3 is 0 Å². The quantitative estimate of drug-likeness (QED) is 0.617. The van der Waals surface area contributed by atoms with Crippen LogP contribution >= 0.6 is 22.9 Å². The van der Waals surface area contributed by atoms with Gasteiger partial charge in [0.25, 0.3) is 0 Å². The molecule has 0 unspecified atom stereocenters. The van der Waals surface area contributed by atoms with Gasteiger partial charge in [0.2, 0.25) is 0 Å². The van der Waals surface area contributed by atoms with Gasteiger partial charge in [-0.2, -0.15) is 0 Å². The van der Waals surface area contributed by atoms with E-state index in [1.165, 1.54) is 4.88 Å². The van der Waals surface area contributed by atoms with Crippen LogP contribution in [0.25, 0.3) is 0 Å². The molecule has 9 heavy (non-hydrogen) atoms. The Morgan fingerprint density at radius 1 is 1.67 bits per heavy atom. The van der Waals surface area contributed by atoms with E-state index in [0.29, 0.717) is 11.1 Å². The maximum Gasteiger partial charge on any atom is 0.143 e. The third kappa shape index (κ3) is 1.43. The minimum Gasteiger partial charge on any atom is -0.233 e. The molecule has 1 heterocycles. The second-order valence-electron chi connectivity index (χ2n) is 2.16. The van der Waals surface area contributed by atoms with Crippen molar-refractivity contribution in [1.29, 1.82) is 0 Å². The van der Waals surface area contributed by atoms with Crippen LogP contribution in [0, 0.1) is 0 Å². The molecule has 1 nitrogen and oxygen atoms in total. The average Bonchev–Trinajstić information content (AvgIpc) is 2.13. The zero-order valence-electron chi connectivity index (χ0n) is 5.39. The van der Waals surface area contributed by atoms with Crippen LogP contribution in [0.15, 0.2) is 5.51 Å². The highest BCUT2D eigenvalue weighted by molar-refractivity contribution is 7.10. The second-order valence-corrected chi connectivity index (χ2v) is 3.41. The number of halogens is 1. The fourth-order valence-corrected chi connectivity index (χ4v) is 1.77. The molecule has 0 aliphatic rings. The lowest BCUT2D eigenvalue weighted by Crippen LogP contribution is -1.80. The summed E-state index contributed by atoms with van der Waals surface area (Å²) in [5, 5.41) is 0.662. The van der Waals surface area contributed by atoms with Gasteiger partial charge < -0.3 is 0 Å². The number of hydrogen-bond acceptors (Lipinski definition) is 2. The minimum atomic E-state index is 0.505. The molecule has 0 spiro atoms. The van der Waals surface area contributed by atoms with Gasteiger partial charge in [-0.3, -0.25) is 0 Å². The Morgan fingerprint density at radius 2 is 2.33 bits per heavy atom. The van der Waals surface area contributed by atoms with E-state index < -0.39 is 0 Å². The third-order valence-electron chi connectivity index (χ3n) is 1.07. The van der Waals surface area contributed by atoms with Crippen LogP contribution in [0.2, 0.25) is 5.15 Å². The van der Waals surface area contributed by atoms with E-state index in [-0.39, 0.29) is 0 Å². The normalized spacial score (nSPS) is 10.7. The summed E-state index contributed by atoms with van der Waals surface area (Å²) < 4.78 is 0. The molecule has 0 saturated heterocycles. The summed E-state index contributed by atoms with van der Waals surface area (Å²) in [4.78, 5) is 5.10. The van der Waals surface area contributed by atoms with Crippen LogP contribution in [-0.4, -0.2) is 4.98 Å². The first-order chi connectivity index (χ1) is 4.22. The van der Waals surface area contributed by atoms with E-state index in [1.54, 1.807) is 16.8 Å². The van der Waals surface area contributed by atoms with E-state index in [2.05, 4.69) is 18.8 Å². The van der Waals surface area contributed by atoms with Gasteiger partial charge in [0.05, 0.1) is 5.51 Å². The molecule has 0 amide bonds. The van der Waals surface area contributed by atoms with Crippen LogP contribution in [-0.2, 0) is 0 Å². The number of hydrogen-bond donors (Lipinski definition) is 0. The third-order valence-corrected chi connectivity index (χ3v) is 2.62. The minimum absolute atomic E-state index is 0.505. The summed E-state index contributed by atoms with van der Waals surface area (Å²) in [7, 11) is 0. The van der Waals surface area contributed by atoms with E-state index >= 15 is 0 Å². The van der Waals surface area contributed by atoms with Crippen molar-refractivity contribution in [2.75, 3.05) is 0 Å². The molecule has 0 radical (unpaired) electrons. The van der Waals surface area contributed by atoms with E-state index in [4.69, 9.17) is 11.6 Å².